The molecule has 0 aliphatic carbocycles. The molecular weight excluding hydrogens is 392 g/mol. The van der Waals surface area contributed by atoms with E-state index in [1.807, 2.05) is 29.2 Å². The minimum Gasteiger partial charge on any atom is -0.408 e. The molecule has 142 valence electrons. The third-order valence-electron chi connectivity index (χ3n) is 5.22. The standard InChI is InChI=1S/C21H18N2O3S2/c24-19(8-11-22-15-4-1-2-5-16(15)26-21(22)25)23-10-7-17-14(9-13-28-17)20(23)18-6-3-12-27-18/h1-6,9,12-13,20H,7-8,10-11H2. The van der Waals surface area contributed by atoms with Crippen molar-refractivity contribution >= 4 is 39.7 Å². The van der Waals surface area contributed by atoms with Crippen LogP contribution in [0.4, 0.5) is 0 Å². The molecular formula is C21H18N2O3S2. The van der Waals surface area contributed by atoms with Crippen LogP contribution in [0.1, 0.15) is 27.8 Å². The first-order valence-electron chi connectivity index (χ1n) is 9.20. The summed E-state index contributed by atoms with van der Waals surface area (Å²) >= 11 is 3.44. The molecule has 7 heteroatoms. The predicted molar refractivity (Wildman–Crippen MR) is 111 cm³/mol. The smallest absolute Gasteiger partial charge is 0.408 e. The van der Waals surface area contributed by atoms with Crippen molar-refractivity contribution in [3.63, 3.8) is 0 Å². The number of carbonyl (C=O) groups is 1. The Labute approximate surface area is 169 Å². The second-order valence-electron chi connectivity index (χ2n) is 6.79. The number of amides is 1. The second kappa shape index (κ2) is 7.07. The Balaban J connectivity index is 1.41. The lowest BCUT2D eigenvalue weighted by molar-refractivity contribution is -0.133. The van der Waals surface area contributed by atoms with Crippen LogP contribution in [0.5, 0.6) is 0 Å². The number of nitrogens with zero attached hydrogens (tertiary/aromatic N) is 2. The summed E-state index contributed by atoms with van der Waals surface area (Å²) in [6, 6.07) is 13.5. The SMILES string of the molecule is O=C(CCn1c(=O)oc2ccccc21)N1CCc2sccc2C1c1cccs1. The van der Waals surface area contributed by atoms with Gasteiger partial charge in [0, 0.05) is 29.3 Å². The molecule has 1 unspecified atom stereocenters. The summed E-state index contributed by atoms with van der Waals surface area (Å²) in [5.41, 5.74) is 2.52. The molecule has 1 aliphatic rings. The highest BCUT2D eigenvalue weighted by Gasteiger charge is 2.33. The summed E-state index contributed by atoms with van der Waals surface area (Å²) in [4.78, 5) is 29.9. The number of aryl methyl sites for hydroxylation is 1. The molecule has 28 heavy (non-hydrogen) atoms. The summed E-state index contributed by atoms with van der Waals surface area (Å²) in [7, 11) is 0. The molecule has 5 nitrogen and oxygen atoms in total. The van der Waals surface area contributed by atoms with Crippen molar-refractivity contribution in [2.75, 3.05) is 6.54 Å². The van der Waals surface area contributed by atoms with Gasteiger partial charge in [-0.05, 0) is 47.0 Å². The molecule has 5 rings (SSSR count). The number of carbonyl (C=O) groups excluding carboxylic acids is 1. The molecule has 1 aliphatic heterocycles. The van der Waals surface area contributed by atoms with Crippen LogP contribution in [0.3, 0.4) is 0 Å². The summed E-state index contributed by atoms with van der Waals surface area (Å²) < 4.78 is 6.83. The van der Waals surface area contributed by atoms with Gasteiger partial charge in [-0.25, -0.2) is 4.79 Å². The van der Waals surface area contributed by atoms with Gasteiger partial charge in [0.05, 0.1) is 11.6 Å². The molecule has 0 N–H and O–H groups in total. The number of oxazole rings is 1. The van der Waals surface area contributed by atoms with Crippen LogP contribution in [0.25, 0.3) is 11.1 Å². The fourth-order valence-corrected chi connectivity index (χ4v) is 5.67. The average molecular weight is 411 g/mol. The lowest BCUT2D eigenvalue weighted by Crippen LogP contribution is -2.40. The topological polar surface area (TPSA) is 55.5 Å². The highest BCUT2D eigenvalue weighted by Crippen LogP contribution is 2.39. The van der Waals surface area contributed by atoms with Crippen molar-refractivity contribution in [2.45, 2.75) is 25.4 Å². The van der Waals surface area contributed by atoms with Crippen molar-refractivity contribution in [1.82, 2.24) is 9.47 Å². The van der Waals surface area contributed by atoms with Gasteiger partial charge in [0.1, 0.15) is 0 Å². The predicted octanol–water partition coefficient (Wildman–Crippen LogP) is 4.28. The summed E-state index contributed by atoms with van der Waals surface area (Å²) in [5, 5.41) is 4.16. The van der Waals surface area contributed by atoms with Crippen molar-refractivity contribution < 1.29 is 9.21 Å². The zero-order valence-electron chi connectivity index (χ0n) is 15.0. The van der Waals surface area contributed by atoms with Gasteiger partial charge in [-0.3, -0.25) is 9.36 Å². The zero-order chi connectivity index (χ0) is 19.1. The number of para-hydroxylation sites is 2. The monoisotopic (exact) mass is 410 g/mol. The van der Waals surface area contributed by atoms with Crippen LogP contribution in [-0.2, 0) is 17.8 Å². The number of hydrogen-bond donors (Lipinski definition) is 0. The maximum absolute atomic E-state index is 13.2. The lowest BCUT2D eigenvalue weighted by atomic mass is 9.98. The van der Waals surface area contributed by atoms with Gasteiger partial charge < -0.3 is 9.32 Å². The first-order valence-corrected chi connectivity index (χ1v) is 11.0. The Morgan fingerprint density at radius 1 is 1.11 bits per heavy atom. The number of benzene rings is 1. The first kappa shape index (κ1) is 17.5. The molecule has 0 radical (unpaired) electrons. The normalized spacial score (nSPS) is 16.4. The van der Waals surface area contributed by atoms with Gasteiger partial charge in [0.2, 0.25) is 5.91 Å². The molecule has 1 aromatic carbocycles. The number of aromatic nitrogens is 1. The molecule has 0 fully saturated rings. The van der Waals surface area contributed by atoms with Gasteiger partial charge in [-0.2, -0.15) is 0 Å². The molecule has 0 spiro atoms. The molecule has 0 bridgehead atoms. The summed E-state index contributed by atoms with van der Waals surface area (Å²) in [6.07, 6.45) is 1.15. The second-order valence-corrected chi connectivity index (χ2v) is 8.77. The van der Waals surface area contributed by atoms with Crippen molar-refractivity contribution in [3.8, 4) is 0 Å². The highest BCUT2D eigenvalue weighted by atomic mass is 32.1. The van der Waals surface area contributed by atoms with E-state index in [4.69, 9.17) is 4.42 Å². The summed E-state index contributed by atoms with van der Waals surface area (Å²) in [6.45, 7) is 1.02. The largest absolute Gasteiger partial charge is 0.419 e. The fourth-order valence-electron chi connectivity index (χ4n) is 3.92. The minimum absolute atomic E-state index is 0.0275. The number of fused-ring (bicyclic) bond motifs is 2. The van der Waals surface area contributed by atoms with E-state index < -0.39 is 5.76 Å². The van der Waals surface area contributed by atoms with Crippen molar-refractivity contribution in [2.24, 2.45) is 0 Å². The van der Waals surface area contributed by atoms with Crippen LogP contribution in [0.2, 0.25) is 0 Å². The third-order valence-corrected chi connectivity index (χ3v) is 7.14. The maximum Gasteiger partial charge on any atom is 0.419 e. The first-order chi connectivity index (χ1) is 13.7. The van der Waals surface area contributed by atoms with E-state index in [1.165, 1.54) is 15.3 Å². The van der Waals surface area contributed by atoms with Crippen molar-refractivity contribution in [1.29, 1.82) is 0 Å². The fraction of sp³-hybridized carbons (Fsp3) is 0.238. The Morgan fingerprint density at radius 3 is 2.86 bits per heavy atom. The average Bonchev–Trinajstić information content (AvgIpc) is 3.44. The quantitative estimate of drug-likeness (QED) is 0.505. The van der Waals surface area contributed by atoms with Crippen LogP contribution in [0.15, 0.2) is 62.4 Å². The number of thiophene rings is 2. The highest BCUT2D eigenvalue weighted by molar-refractivity contribution is 7.10. The van der Waals surface area contributed by atoms with Gasteiger partial charge in [0.15, 0.2) is 5.58 Å². The van der Waals surface area contributed by atoms with Gasteiger partial charge >= 0.3 is 5.76 Å². The molecule has 4 heterocycles. The van der Waals surface area contributed by atoms with E-state index in [1.54, 1.807) is 33.3 Å². The van der Waals surface area contributed by atoms with E-state index in [2.05, 4.69) is 22.9 Å². The lowest BCUT2D eigenvalue weighted by Gasteiger charge is -2.35. The van der Waals surface area contributed by atoms with E-state index >= 15 is 0 Å². The molecule has 3 aromatic heterocycles. The van der Waals surface area contributed by atoms with E-state index in [0.29, 0.717) is 18.7 Å². The van der Waals surface area contributed by atoms with Gasteiger partial charge in [0.25, 0.3) is 0 Å². The number of rotatable bonds is 4. The van der Waals surface area contributed by atoms with Gasteiger partial charge in [-0.1, -0.05) is 18.2 Å². The molecule has 1 atom stereocenters. The Morgan fingerprint density at radius 2 is 2.00 bits per heavy atom. The summed E-state index contributed by atoms with van der Waals surface area (Å²) in [5.74, 6) is -0.352. The van der Waals surface area contributed by atoms with Gasteiger partial charge in [-0.15, -0.1) is 22.7 Å². The van der Waals surface area contributed by atoms with E-state index in [9.17, 15) is 9.59 Å². The van der Waals surface area contributed by atoms with E-state index in [0.717, 1.165) is 11.9 Å². The molecule has 4 aromatic rings. The Bertz CT molecular complexity index is 1190. The Kier molecular flexibility index (Phi) is 4.41. The molecule has 0 saturated heterocycles. The Hall–Kier alpha value is -2.64. The van der Waals surface area contributed by atoms with Crippen LogP contribution in [0, 0.1) is 0 Å². The molecule has 0 saturated carbocycles. The minimum atomic E-state index is -0.414. The molecule has 1 amide bonds. The van der Waals surface area contributed by atoms with E-state index in [-0.39, 0.29) is 18.4 Å². The van der Waals surface area contributed by atoms with Crippen LogP contribution >= 0.6 is 22.7 Å². The third kappa shape index (κ3) is 2.91. The van der Waals surface area contributed by atoms with Crippen LogP contribution < -0.4 is 5.76 Å². The number of hydrogen-bond acceptors (Lipinski definition) is 5. The van der Waals surface area contributed by atoms with Crippen molar-refractivity contribution in [3.05, 3.63) is 79.1 Å². The maximum atomic E-state index is 13.2. The van der Waals surface area contributed by atoms with Crippen LogP contribution in [-0.4, -0.2) is 21.9 Å². The zero-order valence-corrected chi connectivity index (χ0v) is 16.7.